The van der Waals surface area contributed by atoms with Gasteiger partial charge in [-0.2, -0.15) is 0 Å². The minimum absolute atomic E-state index is 0.190. The molecule has 1 heterocycles. The molecule has 1 aliphatic heterocycles. The van der Waals surface area contributed by atoms with E-state index in [4.69, 9.17) is 9.47 Å². The van der Waals surface area contributed by atoms with Crippen LogP contribution in [0.3, 0.4) is 0 Å². The SMILES string of the molecule is CC/C=C\C/C=C\C/C=C\C/C=C\C/C=C\C/C=C\C/C=C\C/C=C\CCCCCCCCCCCCCCC(=O)NC(COC1OC(CO)C(O)C(O)C1O)C(O)/C=C/CCCCCC. The molecule has 0 saturated carbocycles. The Morgan fingerprint density at radius 2 is 0.939 bits per heavy atom. The van der Waals surface area contributed by atoms with Crippen molar-refractivity contribution in [3.8, 4) is 0 Å². The van der Waals surface area contributed by atoms with E-state index in [2.05, 4.69) is 116 Å². The van der Waals surface area contributed by atoms with Gasteiger partial charge in [-0.15, -0.1) is 0 Å². The van der Waals surface area contributed by atoms with Crippen LogP contribution < -0.4 is 5.32 Å². The van der Waals surface area contributed by atoms with Crippen LogP contribution in [0.4, 0.5) is 0 Å². The van der Waals surface area contributed by atoms with Gasteiger partial charge in [-0.1, -0.05) is 207 Å². The lowest BCUT2D eigenvalue weighted by Crippen LogP contribution is -2.60. The van der Waals surface area contributed by atoms with Gasteiger partial charge in [0.05, 0.1) is 25.4 Å². The normalized spacial score (nSPS) is 20.7. The predicted molar refractivity (Wildman–Crippen MR) is 276 cm³/mol. The molecule has 6 N–H and O–H groups in total. The fourth-order valence-electron chi connectivity index (χ4n) is 7.46. The van der Waals surface area contributed by atoms with Gasteiger partial charge in [0.15, 0.2) is 6.29 Å². The molecular formula is C57H95NO8. The molecule has 1 amide bonds. The van der Waals surface area contributed by atoms with Gasteiger partial charge < -0.3 is 40.3 Å². The molecule has 9 heteroatoms. The van der Waals surface area contributed by atoms with Gasteiger partial charge in [0, 0.05) is 6.42 Å². The van der Waals surface area contributed by atoms with Crippen LogP contribution in [-0.2, 0) is 14.3 Å². The van der Waals surface area contributed by atoms with Crippen molar-refractivity contribution in [1.82, 2.24) is 5.32 Å². The van der Waals surface area contributed by atoms with E-state index in [-0.39, 0.29) is 12.5 Å². The molecule has 0 aromatic rings. The smallest absolute Gasteiger partial charge is 0.220 e. The van der Waals surface area contributed by atoms with Crippen molar-refractivity contribution in [2.45, 2.75) is 230 Å². The number of amides is 1. The third-order valence-electron chi connectivity index (χ3n) is 11.6. The number of rotatable bonds is 42. The quantitative estimate of drug-likeness (QED) is 0.0262. The molecule has 66 heavy (non-hydrogen) atoms. The zero-order valence-corrected chi connectivity index (χ0v) is 41.4. The summed E-state index contributed by atoms with van der Waals surface area (Å²) in [5, 5.41) is 53.9. The molecule has 376 valence electrons. The highest BCUT2D eigenvalue weighted by atomic mass is 16.7. The molecule has 1 fully saturated rings. The number of hydrogen-bond donors (Lipinski definition) is 6. The predicted octanol–water partition coefficient (Wildman–Crippen LogP) is 12.2. The van der Waals surface area contributed by atoms with E-state index in [1.54, 1.807) is 6.08 Å². The van der Waals surface area contributed by atoms with Crippen LogP contribution in [0, 0.1) is 0 Å². The molecule has 9 nitrogen and oxygen atoms in total. The summed E-state index contributed by atoms with van der Waals surface area (Å²) in [5.41, 5.74) is 0. The number of unbranched alkanes of at least 4 members (excludes halogenated alkanes) is 16. The summed E-state index contributed by atoms with van der Waals surface area (Å²) in [6, 6.07) is -0.808. The maximum atomic E-state index is 12.9. The lowest BCUT2D eigenvalue weighted by atomic mass is 9.99. The first kappa shape index (κ1) is 60.9. The summed E-state index contributed by atoms with van der Waals surface area (Å²) in [6.07, 6.45) is 60.5. The van der Waals surface area contributed by atoms with Crippen LogP contribution in [0.5, 0.6) is 0 Å². The monoisotopic (exact) mass is 922 g/mol. The molecule has 0 bridgehead atoms. The van der Waals surface area contributed by atoms with Crippen molar-refractivity contribution in [2.75, 3.05) is 13.2 Å². The Morgan fingerprint density at radius 1 is 0.530 bits per heavy atom. The zero-order chi connectivity index (χ0) is 48.0. The van der Waals surface area contributed by atoms with Gasteiger partial charge in [-0.05, 0) is 83.5 Å². The van der Waals surface area contributed by atoms with Gasteiger partial charge in [0.25, 0.3) is 0 Å². The number of allylic oxidation sites excluding steroid dienone is 17. The van der Waals surface area contributed by atoms with Crippen LogP contribution in [-0.4, -0.2) is 87.5 Å². The Kier molecular flexibility index (Phi) is 42.1. The summed E-state index contributed by atoms with van der Waals surface area (Å²) in [7, 11) is 0. The number of carbonyl (C=O) groups is 1. The van der Waals surface area contributed by atoms with E-state index >= 15 is 0 Å². The fraction of sp³-hybridized carbons (Fsp3) is 0.667. The maximum Gasteiger partial charge on any atom is 0.220 e. The van der Waals surface area contributed by atoms with Crippen LogP contribution in [0.2, 0.25) is 0 Å². The molecule has 0 aromatic heterocycles. The third-order valence-corrected chi connectivity index (χ3v) is 11.6. The first-order valence-corrected chi connectivity index (χ1v) is 26.1. The molecule has 0 aromatic carbocycles. The second kappa shape index (κ2) is 45.6. The van der Waals surface area contributed by atoms with Crippen molar-refractivity contribution >= 4 is 5.91 Å². The average Bonchev–Trinajstić information content (AvgIpc) is 3.32. The molecule has 1 rings (SSSR count). The van der Waals surface area contributed by atoms with Crippen molar-refractivity contribution < 1.29 is 39.8 Å². The maximum absolute atomic E-state index is 12.9. The molecule has 7 atom stereocenters. The summed E-state index contributed by atoms with van der Waals surface area (Å²) in [5.74, 6) is -0.190. The average molecular weight is 922 g/mol. The number of aliphatic hydroxyl groups excluding tert-OH is 5. The topological polar surface area (TPSA) is 149 Å². The zero-order valence-electron chi connectivity index (χ0n) is 41.4. The summed E-state index contributed by atoms with van der Waals surface area (Å²) < 4.78 is 11.1. The summed E-state index contributed by atoms with van der Waals surface area (Å²) in [4.78, 5) is 12.9. The molecular weight excluding hydrogens is 827 g/mol. The van der Waals surface area contributed by atoms with E-state index in [9.17, 15) is 30.3 Å². The number of carbonyl (C=O) groups excluding carboxylic acids is 1. The molecule has 7 unspecified atom stereocenters. The Hall–Kier alpha value is -3.15. The van der Waals surface area contributed by atoms with Crippen LogP contribution in [0.1, 0.15) is 187 Å². The summed E-state index contributed by atoms with van der Waals surface area (Å²) in [6.45, 7) is 3.55. The van der Waals surface area contributed by atoms with E-state index in [0.29, 0.717) is 6.42 Å². The Morgan fingerprint density at radius 3 is 1.39 bits per heavy atom. The number of aliphatic hydroxyl groups is 5. The van der Waals surface area contributed by atoms with Crippen molar-refractivity contribution in [3.05, 3.63) is 109 Å². The van der Waals surface area contributed by atoms with E-state index in [1.165, 1.54) is 64.2 Å². The minimum Gasteiger partial charge on any atom is -0.394 e. The first-order valence-electron chi connectivity index (χ1n) is 26.1. The number of nitrogens with one attached hydrogen (secondary N) is 1. The third kappa shape index (κ3) is 35.1. The van der Waals surface area contributed by atoms with Gasteiger partial charge in [-0.3, -0.25) is 4.79 Å². The van der Waals surface area contributed by atoms with Gasteiger partial charge in [-0.25, -0.2) is 0 Å². The Bertz CT molecular complexity index is 1390. The van der Waals surface area contributed by atoms with Crippen molar-refractivity contribution in [2.24, 2.45) is 0 Å². The molecule has 0 radical (unpaired) electrons. The largest absolute Gasteiger partial charge is 0.394 e. The Labute approximate surface area is 402 Å². The molecule has 0 aliphatic carbocycles. The lowest BCUT2D eigenvalue weighted by Gasteiger charge is -2.40. The highest BCUT2D eigenvalue weighted by Crippen LogP contribution is 2.22. The molecule has 1 saturated heterocycles. The second-order valence-electron chi connectivity index (χ2n) is 17.6. The second-order valence-corrected chi connectivity index (χ2v) is 17.6. The van der Waals surface area contributed by atoms with Crippen molar-refractivity contribution in [3.63, 3.8) is 0 Å². The molecule has 1 aliphatic rings. The van der Waals surface area contributed by atoms with Gasteiger partial charge in [0.2, 0.25) is 5.91 Å². The van der Waals surface area contributed by atoms with Crippen LogP contribution >= 0.6 is 0 Å². The van der Waals surface area contributed by atoms with Crippen molar-refractivity contribution in [1.29, 1.82) is 0 Å². The van der Waals surface area contributed by atoms with Gasteiger partial charge in [0.1, 0.15) is 24.4 Å². The molecule has 0 spiro atoms. The number of hydrogen-bond acceptors (Lipinski definition) is 8. The van der Waals surface area contributed by atoms with E-state index in [1.807, 2.05) is 6.08 Å². The van der Waals surface area contributed by atoms with E-state index in [0.717, 1.165) is 103 Å². The van der Waals surface area contributed by atoms with Crippen LogP contribution in [0.25, 0.3) is 0 Å². The number of ether oxygens (including phenoxy) is 2. The highest BCUT2D eigenvalue weighted by molar-refractivity contribution is 5.76. The Balaban J connectivity index is 2.07. The van der Waals surface area contributed by atoms with E-state index < -0.39 is 49.5 Å². The fourth-order valence-corrected chi connectivity index (χ4v) is 7.46. The lowest BCUT2D eigenvalue weighted by molar-refractivity contribution is -0.302. The first-order chi connectivity index (χ1) is 32.3. The van der Waals surface area contributed by atoms with Gasteiger partial charge >= 0.3 is 0 Å². The summed E-state index contributed by atoms with van der Waals surface area (Å²) >= 11 is 0. The minimum atomic E-state index is -1.57. The highest BCUT2D eigenvalue weighted by Gasteiger charge is 2.44. The standard InChI is InChI=1S/C57H95NO8/c1-3-5-7-9-11-12-13-14-15-16-17-18-19-20-21-22-23-24-25-26-27-28-29-30-31-32-33-34-35-36-37-38-39-40-41-43-45-47-53(61)58-50(51(60)46-44-42-10-8-6-4-2)49-65-57-56(64)55(63)54(62)52(48-59)66-57/h5,7,11-12,14-15,17-18,20-21,23-24,26-27,29-30,44,46,50-52,54-57,59-60,62-64H,3-4,6,8-10,13,16,19,22,25,28,31-43,45,47-49H2,1-2H3,(H,58,61)/b7-5-,12-11-,15-14-,18-17-,21-20-,24-23-,27-26-,30-29-,46-44+. The van der Waals surface area contributed by atoms with Crippen LogP contribution in [0.15, 0.2) is 109 Å².